The van der Waals surface area contributed by atoms with Gasteiger partial charge < -0.3 is 24.4 Å². The van der Waals surface area contributed by atoms with Crippen LogP contribution in [-0.2, 0) is 49.7 Å². The lowest BCUT2D eigenvalue weighted by molar-refractivity contribution is -0.136. The third-order valence-corrected chi connectivity index (χ3v) is 18.6. The van der Waals surface area contributed by atoms with Crippen molar-refractivity contribution >= 4 is 96.6 Å². The number of nitrogens with one attached hydrogen (secondary N) is 1. The first-order chi connectivity index (χ1) is 37.7. The molecule has 418 valence electrons. The lowest BCUT2D eigenvalue weighted by Gasteiger charge is -2.28. The van der Waals surface area contributed by atoms with Gasteiger partial charge in [0, 0.05) is 32.7 Å². The van der Waals surface area contributed by atoms with E-state index in [0.29, 0.717) is 38.8 Å². The maximum absolute atomic E-state index is 16.3. The third-order valence-electron chi connectivity index (χ3n) is 12.0. The van der Waals surface area contributed by atoms with Gasteiger partial charge in [0.2, 0.25) is 0 Å². The van der Waals surface area contributed by atoms with Crippen LogP contribution < -0.4 is 31.8 Å². The number of nitrogens with zero attached hydrogens (tertiary/aromatic N) is 5. The molecule has 0 spiro atoms. The van der Waals surface area contributed by atoms with Crippen LogP contribution in [0.25, 0.3) is 32.7 Å². The summed E-state index contributed by atoms with van der Waals surface area (Å²) in [7, 11) is -16.1. The van der Waals surface area contributed by atoms with E-state index >= 15 is 4.39 Å². The van der Waals surface area contributed by atoms with E-state index in [2.05, 4.69) is 14.7 Å². The first-order valence-electron chi connectivity index (χ1n) is 22.8. The molecule has 8 aromatic rings. The lowest BCUT2D eigenvalue weighted by atomic mass is 10.0. The number of hydrogen-bond donors (Lipinski definition) is 3. The molecule has 0 atom stereocenters. The Labute approximate surface area is 454 Å². The smallest absolute Gasteiger partial charge is 0.407 e. The minimum atomic E-state index is -5.55. The van der Waals surface area contributed by atoms with E-state index in [9.17, 15) is 66.6 Å². The third kappa shape index (κ3) is 11.5. The maximum Gasteiger partial charge on any atom is 0.407 e. The lowest BCUT2D eigenvalue weighted by Crippen LogP contribution is -2.40. The van der Waals surface area contributed by atoms with Crippen LogP contribution in [0.3, 0.4) is 0 Å². The van der Waals surface area contributed by atoms with Crippen molar-refractivity contribution in [2.75, 3.05) is 58.6 Å². The van der Waals surface area contributed by atoms with Crippen LogP contribution in [0.2, 0.25) is 0 Å². The number of carboxylic acids is 2. The molecule has 0 saturated carbocycles. The Morgan fingerprint density at radius 1 is 0.537 bits per heavy atom. The number of methoxy groups -OCH3 is 3. The van der Waals surface area contributed by atoms with Crippen LogP contribution in [0, 0.1) is 5.82 Å². The number of alkyl halides is 3. The molecule has 29 heteroatoms. The van der Waals surface area contributed by atoms with E-state index in [4.69, 9.17) is 14.2 Å². The zero-order chi connectivity index (χ0) is 58.1. The van der Waals surface area contributed by atoms with Gasteiger partial charge in [-0.3, -0.25) is 18.6 Å². The van der Waals surface area contributed by atoms with Gasteiger partial charge in [-0.05, 0) is 84.9 Å². The van der Waals surface area contributed by atoms with Gasteiger partial charge in [0.25, 0.3) is 40.1 Å². The van der Waals surface area contributed by atoms with E-state index in [1.165, 1.54) is 93.1 Å². The van der Waals surface area contributed by atoms with Crippen LogP contribution in [0.4, 0.5) is 40.6 Å². The van der Waals surface area contributed by atoms with E-state index in [1.54, 1.807) is 0 Å². The van der Waals surface area contributed by atoms with Crippen LogP contribution in [0.15, 0.2) is 165 Å². The minimum Gasteiger partial charge on any atom is -0.497 e. The zero-order valence-corrected chi connectivity index (χ0v) is 44.8. The number of rotatable bonds is 21. The summed E-state index contributed by atoms with van der Waals surface area (Å²) in [5.41, 5.74) is -2.19. The highest BCUT2D eigenvalue weighted by Gasteiger charge is 2.40. The molecule has 0 unspecified atom stereocenters. The van der Waals surface area contributed by atoms with Crippen LogP contribution in [-0.4, -0.2) is 113 Å². The maximum atomic E-state index is 16.3. The summed E-state index contributed by atoms with van der Waals surface area (Å²) in [5.74, 6) is -5.46. The SMILES string of the molecule is COc1ccc(S(=O)(=O)Nc2cnc(N(CC(=O)O)S(=O)(=O)c3ccc(OC)c(-c4cc(S(=O)(=O)N(CC(F)(F)F)c5cnc(N(CC(=O)O)S(=O)(=O)c6ccc(OC)cc6)c6ccccc56)ccc4F)c3)c3ccccc23)cc1. The fourth-order valence-corrected chi connectivity index (χ4v) is 13.6. The highest BCUT2D eigenvalue weighted by molar-refractivity contribution is 7.93. The average molecular weight is 1180 g/mol. The number of aliphatic carboxylic acids is 2. The first kappa shape index (κ1) is 57.4. The molecule has 2 aromatic heterocycles. The van der Waals surface area contributed by atoms with Crippen molar-refractivity contribution in [1.82, 2.24) is 9.97 Å². The molecule has 0 amide bonds. The molecule has 0 aliphatic heterocycles. The fraction of sp³-hybridized carbons (Fsp3) is 0.137. The number of pyridine rings is 2. The van der Waals surface area contributed by atoms with Crippen molar-refractivity contribution in [2.24, 2.45) is 0 Å². The largest absolute Gasteiger partial charge is 0.497 e. The minimum absolute atomic E-state index is 0.0628. The number of carbonyl (C=O) groups is 2. The second-order valence-electron chi connectivity index (χ2n) is 17.0. The van der Waals surface area contributed by atoms with Crippen molar-refractivity contribution in [3.05, 3.63) is 152 Å². The standard InChI is InChI=1S/C51H42F4N6O15S4/c1-74-31-12-16-33(17-13-31)77(66,67)58-44-26-56-49(39-10-6-4-8-37(39)44)60(29-48(64)65)79(70,71)36-21-23-46(76-3)42(25-36)41-24-35(20-22-43(41)52)80(72,73)61(30-51(53,54)55)45-27-57-50(40-11-7-5-9-38(40)45)59(28-47(62)63)78(68,69)34-18-14-32(75-2)15-19-34/h4-27,58H,28-30H2,1-3H3,(H,62,63)(H,64,65). The average Bonchev–Trinajstić information content (AvgIpc) is 3.62. The van der Waals surface area contributed by atoms with Gasteiger partial charge in [0.05, 0.1) is 64.7 Å². The molecule has 0 bridgehead atoms. The van der Waals surface area contributed by atoms with Crippen molar-refractivity contribution in [3.63, 3.8) is 0 Å². The number of carboxylic acid groups (broad SMARTS) is 2. The number of anilines is 4. The summed E-state index contributed by atoms with van der Waals surface area (Å²) in [6, 6.07) is 25.2. The summed E-state index contributed by atoms with van der Waals surface area (Å²) in [6.07, 6.45) is -3.76. The Morgan fingerprint density at radius 3 is 1.49 bits per heavy atom. The second kappa shape index (κ2) is 22.1. The number of aromatic nitrogens is 2. The van der Waals surface area contributed by atoms with Crippen LogP contribution in [0.1, 0.15) is 0 Å². The summed E-state index contributed by atoms with van der Waals surface area (Å²) in [5, 5.41) is 19.2. The Kier molecular flexibility index (Phi) is 15.9. The van der Waals surface area contributed by atoms with E-state index in [-0.39, 0.29) is 47.9 Å². The predicted molar refractivity (Wildman–Crippen MR) is 284 cm³/mol. The molecule has 80 heavy (non-hydrogen) atoms. The van der Waals surface area contributed by atoms with Gasteiger partial charge >= 0.3 is 18.1 Å². The quantitative estimate of drug-likeness (QED) is 0.0580. The van der Waals surface area contributed by atoms with Crippen molar-refractivity contribution in [2.45, 2.75) is 25.8 Å². The van der Waals surface area contributed by atoms with Crippen molar-refractivity contribution < 1.29 is 85.2 Å². The molecular weight excluding hydrogens is 1140 g/mol. The molecular formula is C51H42F4N6O15S4. The topological polar surface area (TPSA) is 286 Å². The Morgan fingerprint density at radius 2 is 0.975 bits per heavy atom. The number of ether oxygens (including phenoxy) is 3. The Bertz CT molecular complexity index is 4200. The Hall–Kier alpha value is -8.80. The van der Waals surface area contributed by atoms with Gasteiger partial charge in [-0.1, -0.05) is 48.5 Å². The normalized spacial score (nSPS) is 12.2. The highest BCUT2D eigenvalue weighted by atomic mass is 32.2. The number of halogens is 4. The first-order valence-corrected chi connectivity index (χ1v) is 28.6. The van der Waals surface area contributed by atoms with E-state index in [1.807, 2.05) is 0 Å². The molecule has 0 fully saturated rings. The monoisotopic (exact) mass is 1180 g/mol. The molecule has 0 aliphatic carbocycles. The summed E-state index contributed by atoms with van der Waals surface area (Å²) >= 11 is 0. The molecule has 2 heterocycles. The fourth-order valence-electron chi connectivity index (χ4n) is 8.29. The molecule has 0 radical (unpaired) electrons. The van der Waals surface area contributed by atoms with E-state index in [0.717, 1.165) is 49.7 Å². The summed E-state index contributed by atoms with van der Waals surface area (Å²) in [4.78, 5) is 30.5. The zero-order valence-electron chi connectivity index (χ0n) is 41.6. The summed E-state index contributed by atoms with van der Waals surface area (Å²) in [6.45, 7) is -4.81. The van der Waals surface area contributed by atoms with Gasteiger partial charge in [0.1, 0.15) is 42.7 Å². The van der Waals surface area contributed by atoms with Crippen LogP contribution in [0.5, 0.6) is 17.2 Å². The number of hydrogen-bond acceptors (Lipinski definition) is 15. The number of sulfonamides is 4. The number of benzene rings is 6. The Balaban J connectivity index is 1.22. The number of fused-ring (bicyclic) bond motifs is 2. The summed E-state index contributed by atoms with van der Waals surface area (Å²) < 4.78 is 193. The molecule has 3 N–H and O–H groups in total. The van der Waals surface area contributed by atoms with Gasteiger partial charge in [-0.25, -0.2) is 56.6 Å². The van der Waals surface area contributed by atoms with Crippen molar-refractivity contribution in [1.29, 1.82) is 0 Å². The second-order valence-corrected chi connectivity index (χ2v) is 24.2. The highest BCUT2D eigenvalue weighted by Crippen LogP contribution is 2.42. The molecule has 8 rings (SSSR count). The van der Waals surface area contributed by atoms with Gasteiger partial charge in [-0.15, -0.1) is 0 Å². The molecule has 0 saturated heterocycles. The molecule has 21 nitrogen and oxygen atoms in total. The van der Waals surface area contributed by atoms with Crippen molar-refractivity contribution in [3.8, 4) is 28.4 Å². The van der Waals surface area contributed by atoms with Gasteiger partial charge in [0.15, 0.2) is 11.6 Å². The predicted octanol–water partition coefficient (Wildman–Crippen LogP) is 7.73. The van der Waals surface area contributed by atoms with E-state index < -0.39 is 127 Å². The van der Waals surface area contributed by atoms with Gasteiger partial charge in [-0.2, -0.15) is 13.2 Å². The molecule has 6 aromatic carbocycles. The molecule has 0 aliphatic rings. The van der Waals surface area contributed by atoms with Crippen LogP contribution >= 0.6 is 0 Å².